The zero-order valence-corrected chi connectivity index (χ0v) is 14.4. The van der Waals surface area contributed by atoms with E-state index in [0.717, 1.165) is 42.7 Å². The highest BCUT2D eigenvalue weighted by atomic mass is 32.1. The second-order valence-corrected chi connectivity index (χ2v) is 7.79. The molecule has 2 atom stereocenters. The van der Waals surface area contributed by atoms with E-state index >= 15 is 0 Å². The van der Waals surface area contributed by atoms with Crippen molar-refractivity contribution < 1.29 is 9.59 Å². The van der Waals surface area contributed by atoms with Crippen molar-refractivity contribution in [1.82, 2.24) is 9.80 Å². The fraction of sp³-hybridized carbons (Fsp3) is 0.647. The van der Waals surface area contributed by atoms with Gasteiger partial charge < -0.3 is 9.80 Å². The molecule has 0 bridgehead atoms. The first-order valence-corrected chi connectivity index (χ1v) is 8.88. The summed E-state index contributed by atoms with van der Waals surface area (Å²) in [4.78, 5) is 29.3. The van der Waals surface area contributed by atoms with Gasteiger partial charge in [-0.1, -0.05) is 6.42 Å². The lowest BCUT2D eigenvalue weighted by atomic mass is 9.74. The number of nitrogens with zero attached hydrogens (tertiary/aromatic N) is 2. The fourth-order valence-corrected chi connectivity index (χ4v) is 5.21. The Labute approximate surface area is 136 Å². The largest absolute Gasteiger partial charge is 0.342 e. The van der Waals surface area contributed by atoms with Gasteiger partial charge >= 0.3 is 0 Å². The van der Waals surface area contributed by atoms with Gasteiger partial charge in [0.05, 0.1) is 4.88 Å². The van der Waals surface area contributed by atoms with Crippen LogP contribution in [0.3, 0.4) is 0 Å². The summed E-state index contributed by atoms with van der Waals surface area (Å²) in [7, 11) is 3.83. The van der Waals surface area contributed by atoms with E-state index in [1.807, 2.05) is 42.3 Å². The van der Waals surface area contributed by atoms with E-state index in [1.54, 1.807) is 0 Å². The topological polar surface area (TPSA) is 40.6 Å². The van der Waals surface area contributed by atoms with E-state index in [4.69, 9.17) is 0 Å². The summed E-state index contributed by atoms with van der Waals surface area (Å²) in [5.74, 6) is 0.373. The second kappa shape index (κ2) is 5.69. The van der Waals surface area contributed by atoms with Crippen LogP contribution in [0.4, 0.5) is 0 Å². The minimum absolute atomic E-state index is 0.0955. The average Bonchev–Trinajstić information content (AvgIpc) is 3.09. The van der Waals surface area contributed by atoms with Gasteiger partial charge in [0.15, 0.2) is 0 Å². The van der Waals surface area contributed by atoms with Crippen LogP contribution in [0.25, 0.3) is 0 Å². The molecule has 3 rings (SSSR count). The Morgan fingerprint density at radius 2 is 2.27 bits per heavy atom. The minimum Gasteiger partial charge on any atom is -0.342 e. The zero-order chi connectivity index (χ0) is 15.9. The van der Waals surface area contributed by atoms with Gasteiger partial charge in [0, 0.05) is 38.5 Å². The minimum atomic E-state index is 0.0955. The van der Waals surface area contributed by atoms with Crippen molar-refractivity contribution in [3.63, 3.8) is 0 Å². The molecule has 2 amide bonds. The first-order chi connectivity index (χ1) is 10.4. The Morgan fingerprint density at radius 3 is 2.95 bits per heavy atom. The van der Waals surface area contributed by atoms with Crippen molar-refractivity contribution in [3.8, 4) is 0 Å². The van der Waals surface area contributed by atoms with Crippen LogP contribution in [0, 0.1) is 12.3 Å². The molecule has 2 fully saturated rings. The Kier molecular flexibility index (Phi) is 4.02. The highest BCUT2D eigenvalue weighted by Gasteiger charge is 2.49. The monoisotopic (exact) mass is 320 g/mol. The van der Waals surface area contributed by atoms with Crippen LogP contribution in [0.15, 0.2) is 11.4 Å². The van der Waals surface area contributed by atoms with E-state index in [0.29, 0.717) is 12.5 Å². The van der Waals surface area contributed by atoms with Crippen LogP contribution in [0.5, 0.6) is 0 Å². The molecule has 22 heavy (non-hydrogen) atoms. The third-order valence-corrected chi connectivity index (χ3v) is 6.52. The summed E-state index contributed by atoms with van der Waals surface area (Å²) in [6.45, 7) is 2.74. The quantitative estimate of drug-likeness (QED) is 0.859. The molecule has 2 heterocycles. The van der Waals surface area contributed by atoms with Crippen molar-refractivity contribution in [2.24, 2.45) is 5.41 Å². The van der Waals surface area contributed by atoms with Gasteiger partial charge in [-0.25, -0.2) is 0 Å². The first kappa shape index (κ1) is 15.5. The van der Waals surface area contributed by atoms with Crippen molar-refractivity contribution in [1.29, 1.82) is 0 Å². The molecule has 0 radical (unpaired) electrons. The summed E-state index contributed by atoms with van der Waals surface area (Å²) in [6, 6.07) is 2.29. The molecule has 0 aromatic carbocycles. The molecule has 4 nitrogen and oxygen atoms in total. The highest BCUT2D eigenvalue weighted by Crippen LogP contribution is 2.48. The Bertz CT molecular complexity index is 597. The normalized spacial score (nSPS) is 27.9. The summed E-state index contributed by atoms with van der Waals surface area (Å²) in [5.41, 5.74) is 1.15. The van der Waals surface area contributed by atoms with E-state index in [2.05, 4.69) is 0 Å². The number of amides is 2. The predicted octanol–water partition coefficient (Wildman–Crippen LogP) is 2.92. The van der Waals surface area contributed by atoms with E-state index in [-0.39, 0.29) is 17.2 Å². The molecule has 2 aliphatic rings. The standard InChI is InChI=1S/C17H24N2O2S/c1-12-7-10-22-15(12)16(21)18(2)11-17-8-4-5-13(17)19(3)14(20)6-9-17/h7,10,13H,4-6,8-9,11H2,1-3H3/t13-,17+/m1/s1. The Morgan fingerprint density at radius 1 is 1.50 bits per heavy atom. The third kappa shape index (κ3) is 2.45. The molecule has 120 valence electrons. The Hall–Kier alpha value is -1.36. The van der Waals surface area contributed by atoms with Crippen LogP contribution in [0.1, 0.15) is 47.3 Å². The lowest BCUT2D eigenvalue weighted by molar-refractivity contribution is -0.140. The van der Waals surface area contributed by atoms with Gasteiger partial charge in [0.25, 0.3) is 5.91 Å². The van der Waals surface area contributed by atoms with Gasteiger partial charge in [-0.3, -0.25) is 9.59 Å². The van der Waals surface area contributed by atoms with Gasteiger partial charge in [0.1, 0.15) is 0 Å². The van der Waals surface area contributed by atoms with Gasteiger partial charge in [-0.2, -0.15) is 0 Å². The third-order valence-electron chi connectivity index (χ3n) is 5.51. The van der Waals surface area contributed by atoms with E-state index < -0.39 is 0 Å². The van der Waals surface area contributed by atoms with Gasteiger partial charge in [0.2, 0.25) is 5.91 Å². The van der Waals surface area contributed by atoms with Gasteiger partial charge in [-0.15, -0.1) is 11.3 Å². The smallest absolute Gasteiger partial charge is 0.263 e. The van der Waals surface area contributed by atoms with E-state index in [9.17, 15) is 9.59 Å². The van der Waals surface area contributed by atoms with Crippen LogP contribution >= 0.6 is 11.3 Å². The van der Waals surface area contributed by atoms with Crippen molar-refractivity contribution in [3.05, 3.63) is 21.9 Å². The maximum absolute atomic E-state index is 12.7. The fourth-order valence-electron chi connectivity index (χ4n) is 4.30. The number of carbonyl (C=O) groups excluding carboxylic acids is 2. The molecule has 0 unspecified atom stereocenters. The lowest BCUT2D eigenvalue weighted by Crippen LogP contribution is -2.54. The number of hydrogen-bond donors (Lipinski definition) is 0. The molecule has 1 saturated carbocycles. The molecule has 5 heteroatoms. The second-order valence-electron chi connectivity index (χ2n) is 6.87. The molecule has 0 N–H and O–H groups in total. The summed E-state index contributed by atoms with van der Waals surface area (Å²) in [5, 5.41) is 1.97. The number of carbonyl (C=O) groups is 2. The number of likely N-dealkylation sites (tertiary alicyclic amines) is 1. The summed E-state index contributed by atoms with van der Waals surface area (Å²) >= 11 is 1.52. The van der Waals surface area contributed by atoms with E-state index in [1.165, 1.54) is 11.3 Å². The van der Waals surface area contributed by atoms with Crippen LogP contribution in [-0.2, 0) is 4.79 Å². The molecular weight excluding hydrogens is 296 g/mol. The number of aryl methyl sites for hydroxylation is 1. The molecule has 0 spiro atoms. The maximum Gasteiger partial charge on any atom is 0.263 e. The van der Waals surface area contributed by atoms with Crippen molar-refractivity contribution in [2.45, 2.75) is 45.1 Å². The number of hydrogen-bond acceptors (Lipinski definition) is 3. The van der Waals surface area contributed by atoms with Crippen LogP contribution < -0.4 is 0 Å². The number of piperidine rings is 1. The number of thiophene rings is 1. The molecule has 1 saturated heterocycles. The van der Waals surface area contributed by atoms with Crippen LogP contribution in [0.2, 0.25) is 0 Å². The molecular formula is C17H24N2O2S. The average molecular weight is 320 g/mol. The molecule has 1 aliphatic carbocycles. The SMILES string of the molecule is Cc1ccsc1C(=O)N(C)C[C@@]12CCC[C@H]1N(C)C(=O)CC2. The number of fused-ring (bicyclic) bond motifs is 1. The summed E-state index contributed by atoms with van der Waals surface area (Å²) < 4.78 is 0. The zero-order valence-electron chi connectivity index (χ0n) is 13.6. The van der Waals surface area contributed by atoms with Crippen LogP contribution in [-0.4, -0.2) is 48.3 Å². The van der Waals surface area contributed by atoms with Crippen molar-refractivity contribution >= 4 is 23.2 Å². The lowest BCUT2D eigenvalue weighted by Gasteiger charge is -2.46. The first-order valence-electron chi connectivity index (χ1n) is 8.00. The molecule has 1 aliphatic heterocycles. The number of rotatable bonds is 3. The maximum atomic E-state index is 12.7. The Balaban J connectivity index is 1.78. The highest BCUT2D eigenvalue weighted by molar-refractivity contribution is 7.12. The molecule has 1 aromatic heterocycles. The van der Waals surface area contributed by atoms with Crippen molar-refractivity contribution in [2.75, 3.05) is 20.6 Å². The molecule has 1 aromatic rings. The summed E-state index contributed by atoms with van der Waals surface area (Å²) in [6.07, 6.45) is 4.88. The van der Waals surface area contributed by atoms with Gasteiger partial charge in [-0.05, 0) is 43.2 Å². The predicted molar refractivity (Wildman–Crippen MR) is 88.1 cm³/mol.